The quantitative estimate of drug-likeness (QED) is 0.493. The Labute approximate surface area is 70.2 Å². The largest absolute Gasteiger partial charge is 0.264 e. The van der Waals surface area contributed by atoms with Gasteiger partial charge in [0.2, 0.25) is 6.04 Å². The van der Waals surface area contributed by atoms with Crippen LogP contribution >= 0.6 is 0 Å². The van der Waals surface area contributed by atoms with Crippen molar-refractivity contribution in [3.05, 3.63) is 46.0 Å². The van der Waals surface area contributed by atoms with Gasteiger partial charge in [0.05, 0.1) is 5.92 Å². The highest BCUT2D eigenvalue weighted by atomic mass is 16.6. The molecule has 1 fully saturated rings. The first-order valence-corrected chi connectivity index (χ1v) is 3.97. The van der Waals surface area contributed by atoms with Gasteiger partial charge < -0.3 is 0 Å². The number of nitro groups is 1. The van der Waals surface area contributed by atoms with Crippen LogP contribution in [0.15, 0.2) is 30.3 Å². The van der Waals surface area contributed by atoms with Crippen molar-refractivity contribution in [1.82, 2.24) is 0 Å². The Balaban J connectivity index is 2.11. The van der Waals surface area contributed by atoms with Crippen LogP contribution in [0.2, 0.25) is 0 Å². The van der Waals surface area contributed by atoms with Gasteiger partial charge in [0.1, 0.15) is 0 Å². The van der Waals surface area contributed by atoms with Gasteiger partial charge in [0.15, 0.2) is 0 Å². The van der Waals surface area contributed by atoms with E-state index in [1.54, 1.807) is 0 Å². The lowest BCUT2D eigenvalue weighted by molar-refractivity contribution is -0.496. The maximum Gasteiger partial charge on any atom is 0.221 e. The van der Waals surface area contributed by atoms with E-state index in [-0.39, 0.29) is 16.9 Å². The van der Waals surface area contributed by atoms with Gasteiger partial charge in [0, 0.05) is 11.3 Å². The molecule has 0 radical (unpaired) electrons. The van der Waals surface area contributed by atoms with Crippen LogP contribution in [0.1, 0.15) is 17.9 Å². The van der Waals surface area contributed by atoms with Gasteiger partial charge in [0.25, 0.3) is 0 Å². The van der Waals surface area contributed by atoms with Crippen LogP contribution < -0.4 is 0 Å². The lowest BCUT2D eigenvalue weighted by atomic mass is 10.1. The van der Waals surface area contributed by atoms with Crippen LogP contribution in [0.25, 0.3) is 0 Å². The van der Waals surface area contributed by atoms with Crippen molar-refractivity contribution in [2.24, 2.45) is 0 Å². The zero-order chi connectivity index (χ0) is 8.55. The molecule has 0 unspecified atom stereocenters. The lowest BCUT2D eigenvalue weighted by Crippen LogP contribution is -2.02. The molecule has 12 heavy (non-hydrogen) atoms. The van der Waals surface area contributed by atoms with E-state index in [0.717, 1.165) is 5.56 Å². The molecule has 3 nitrogen and oxygen atoms in total. The normalized spacial score (nSPS) is 26.7. The van der Waals surface area contributed by atoms with E-state index in [1.807, 2.05) is 30.3 Å². The summed E-state index contributed by atoms with van der Waals surface area (Å²) in [5.74, 6) is 0.168. The second kappa shape index (κ2) is 2.59. The molecule has 62 valence electrons. The van der Waals surface area contributed by atoms with Crippen molar-refractivity contribution in [2.45, 2.75) is 18.4 Å². The Kier molecular flexibility index (Phi) is 1.57. The van der Waals surface area contributed by atoms with Crippen molar-refractivity contribution >= 4 is 0 Å². The number of hydrogen-bond donors (Lipinski definition) is 0. The van der Waals surface area contributed by atoms with Crippen LogP contribution in [-0.4, -0.2) is 11.0 Å². The molecule has 0 aliphatic heterocycles. The highest BCUT2D eigenvalue weighted by Crippen LogP contribution is 2.42. The number of hydrogen-bond acceptors (Lipinski definition) is 2. The minimum absolute atomic E-state index is 0.168. The molecule has 1 aromatic carbocycles. The van der Waals surface area contributed by atoms with Gasteiger partial charge in [-0.3, -0.25) is 10.1 Å². The Morgan fingerprint density at radius 1 is 1.33 bits per heavy atom. The zero-order valence-electron chi connectivity index (χ0n) is 6.51. The second-order valence-electron chi connectivity index (χ2n) is 3.11. The predicted octanol–water partition coefficient (Wildman–Crippen LogP) is 1.82. The first kappa shape index (κ1) is 7.28. The Morgan fingerprint density at radius 2 is 2.00 bits per heavy atom. The van der Waals surface area contributed by atoms with E-state index in [2.05, 4.69) is 0 Å². The molecular formula is C9H9NO2. The summed E-state index contributed by atoms with van der Waals surface area (Å²) in [6, 6.07) is 9.34. The second-order valence-corrected chi connectivity index (χ2v) is 3.11. The Bertz CT molecular complexity index is 297. The van der Waals surface area contributed by atoms with Gasteiger partial charge in [-0.1, -0.05) is 30.3 Å². The smallest absolute Gasteiger partial charge is 0.221 e. The number of rotatable bonds is 2. The van der Waals surface area contributed by atoms with E-state index in [9.17, 15) is 10.1 Å². The summed E-state index contributed by atoms with van der Waals surface area (Å²) in [7, 11) is 0. The molecule has 0 heterocycles. The van der Waals surface area contributed by atoms with Crippen LogP contribution in [0, 0.1) is 10.1 Å². The fourth-order valence-corrected chi connectivity index (χ4v) is 1.47. The summed E-state index contributed by atoms with van der Waals surface area (Å²) < 4.78 is 0. The molecule has 0 spiro atoms. The standard InChI is InChI=1S/C9H9NO2/c11-10(12)9-6-8(9)7-4-2-1-3-5-7/h1-5,8-9H,6H2/t8-,9-/m1/s1. The van der Waals surface area contributed by atoms with Crippen molar-refractivity contribution in [3.8, 4) is 0 Å². The van der Waals surface area contributed by atoms with E-state index in [1.165, 1.54) is 0 Å². The highest BCUT2D eigenvalue weighted by Gasteiger charge is 2.48. The number of nitrogens with zero attached hydrogens (tertiary/aromatic N) is 1. The minimum Gasteiger partial charge on any atom is -0.264 e. The predicted molar refractivity (Wildman–Crippen MR) is 44.6 cm³/mol. The first-order chi connectivity index (χ1) is 5.79. The fraction of sp³-hybridized carbons (Fsp3) is 0.333. The Hall–Kier alpha value is -1.38. The average molecular weight is 163 g/mol. The summed E-state index contributed by atoms with van der Waals surface area (Å²) in [6.07, 6.45) is 0.705. The SMILES string of the molecule is O=[N+]([O-])[C@@H]1C[C@@H]1c1ccccc1. The molecule has 1 aliphatic rings. The third-order valence-corrected chi connectivity index (χ3v) is 2.26. The molecule has 0 saturated heterocycles. The molecule has 0 bridgehead atoms. The van der Waals surface area contributed by atoms with Crippen LogP contribution in [0.5, 0.6) is 0 Å². The van der Waals surface area contributed by atoms with E-state index in [0.29, 0.717) is 6.42 Å². The average Bonchev–Trinajstić information content (AvgIpc) is 2.84. The third kappa shape index (κ3) is 1.18. The topological polar surface area (TPSA) is 43.1 Å². The zero-order valence-corrected chi connectivity index (χ0v) is 6.51. The summed E-state index contributed by atoms with van der Waals surface area (Å²) in [4.78, 5) is 10.2. The van der Waals surface area contributed by atoms with Gasteiger partial charge in [-0.25, -0.2) is 0 Å². The molecule has 0 aromatic heterocycles. The maximum absolute atomic E-state index is 10.4. The summed E-state index contributed by atoms with van der Waals surface area (Å²) >= 11 is 0. The van der Waals surface area contributed by atoms with E-state index < -0.39 is 0 Å². The van der Waals surface area contributed by atoms with Crippen LogP contribution in [-0.2, 0) is 0 Å². The number of benzene rings is 1. The molecule has 2 rings (SSSR count). The van der Waals surface area contributed by atoms with Gasteiger partial charge >= 0.3 is 0 Å². The highest BCUT2D eigenvalue weighted by molar-refractivity contribution is 5.26. The molecule has 2 atom stereocenters. The minimum atomic E-state index is -0.326. The van der Waals surface area contributed by atoms with Gasteiger partial charge in [-0.05, 0) is 5.56 Å². The molecule has 1 aromatic rings. The molecule has 1 saturated carbocycles. The molecular weight excluding hydrogens is 154 g/mol. The van der Waals surface area contributed by atoms with Crippen molar-refractivity contribution < 1.29 is 4.92 Å². The maximum atomic E-state index is 10.4. The van der Waals surface area contributed by atoms with Crippen molar-refractivity contribution in [1.29, 1.82) is 0 Å². The Morgan fingerprint density at radius 3 is 2.50 bits per heavy atom. The van der Waals surface area contributed by atoms with Gasteiger partial charge in [-0.15, -0.1) is 0 Å². The summed E-state index contributed by atoms with van der Waals surface area (Å²) in [5.41, 5.74) is 1.10. The fourth-order valence-electron chi connectivity index (χ4n) is 1.47. The monoisotopic (exact) mass is 163 g/mol. The van der Waals surface area contributed by atoms with E-state index in [4.69, 9.17) is 0 Å². The van der Waals surface area contributed by atoms with Crippen molar-refractivity contribution in [2.75, 3.05) is 0 Å². The molecule has 1 aliphatic carbocycles. The van der Waals surface area contributed by atoms with Crippen LogP contribution in [0.3, 0.4) is 0 Å². The van der Waals surface area contributed by atoms with Crippen LogP contribution in [0.4, 0.5) is 0 Å². The first-order valence-electron chi connectivity index (χ1n) is 3.97. The van der Waals surface area contributed by atoms with Gasteiger partial charge in [-0.2, -0.15) is 0 Å². The molecule has 0 N–H and O–H groups in total. The molecule has 3 heteroatoms. The molecule has 0 amide bonds. The summed E-state index contributed by atoms with van der Waals surface area (Å²) in [6.45, 7) is 0. The van der Waals surface area contributed by atoms with E-state index >= 15 is 0 Å². The lowest BCUT2D eigenvalue weighted by Gasteiger charge is -1.93. The summed E-state index contributed by atoms with van der Waals surface area (Å²) in [5, 5.41) is 10.4. The third-order valence-electron chi connectivity index (χ3n) is 2.26. The van der Waals surface area contributed by atoms with Crippen molar-refractivity contribution in [3.63, 3.8) is 0 Å².